The van der Waals surface area contributed by atoms with E-state index in [9.17, 15) is 4.79 Å². The zero-order valence-electron chi connectivity index (χ0n) is 14.0. The number of benzene rings is 2. The minimum absolute atomic E-state index is 0.384. The number of carbonyl (C=O) groups is 1. The highest BCUT2D eigenvalue weighted by Crippen LogP contribution is 2.26. The predicted molar refractivity (Wildman–Crippen MR) is 99.9 cm³/mol. The molecule has 0 spiro atoms. The van der Waals surface area contributed by atoms with Gasteiger partial charge in [-0.05, 0) is 43.7 Å². The molecule has 0 unspecified atom stereocenters. The van der Waals surface area contributed by atoms with Gasteiger partial charge >= 0.3 is 0 Å². The zero-order valence-corrected chi connectivity index (χ0v) is 15.6. The topological polar surface area (TPSA) is 59.9 Å². The Hall–Kier alpha value is -2.24. The summed E-state index contributed by atoms with van der Waals surface area (Å²) in [6.07, 6.45) is -0.748. The maximum absolute atomic E-state index is 12.2. The Balaban J connectivity index is 2.01. The predicted octanol–water partition coefficient (Wildman–Crippen LogP) is 4.31. The van der Waals surface area contributed by atoms with E-state index in [4.69, 9.17) is 32.7 Å². The van der Waals surface area contributed by atoms with Crippen molar-refractivity contribution in [1.29, 1.82) is 0 Å². The van der Waals surface area contributed by atoms with Crippen LogP contribution >= 0.6 is 23.2 Å². The highest BCUT2D eigenvalue weighted by atomic mass is 35.5. The van der Waals surface area contributed by atoms with Crippen LogP contribution in [-0.4, -0.2) is 24.8 Å². The van der Waals surface area contributed by atoms with Gasteiger partial charge in [-0.15, -0.1) is 0 Å². The van der Waals surface area contributed by atoms with Crippen molar-refractivity contribution in [2.45, 2.75) is 20.0 Å². The van der Waals surface area contributed by atoms with Crippen molar-refractivity contribution < 1.29 is 14.3 Å². The molecule has 2 rings (SSSR count). The van der Waals surface area contributed by atoms with Gasteiger partial charge in [0.15, 0.2) is 17.6 Å². The first-order valence-corrected chi connectivity index (χ1v) is 8.27. The molecule has 132 valence electrons. The summed E-state index contributed by atoms with van der Waals surface area (Å²) in [5, 5.41) is 4.96. The van der Waals surface area contributed by atoms with E-state index in [-0.39, 0.29) is 5.91 Å². The van der Waals surface area contributed by atoms with E-state index in [1.807, 2.05) is 6.07 Å². The molecule has 0 radical (unpaired) electrons. The number of amides is 1. The van der Waals surface area contributed by atoms with Crippen LogP contribution in [0.15, 0.2) is 47.6 Å². The molecule has 0 saturated carbocycles. The molecule has 2 aromatic rings. The molecule has 2 aromatic carbocycles. The number of hydrogen-bond donors (Lipinski definition) is 1. The summed E-state index contributed by atoms with van der Waals surface area (Å²) in [6, 6.07) is 12.2. The van der Waals surface area contributed by atoms with Crippen molar-refractivity contribution in [3.63, 3.8) is 0 Å². The summed E-state index contributed by atoms with van der Waals surface area (Å²) in [5.74, 6) is 0.654. The van der Waals surface area contributed by atoms with E-state index in [0.29, 0.717) is 27.3 Å². The van der Waals surface area contributed by atoms with Crippen LogP contribution in [0.1, 0.15) is 19.4 Å². The molecule has 0 heterocycles. The lowest BCUT2D eigenvalue weighted by Gasteiger charge is -2.15. The van der Waals surface area contributed by atoms with Gasteiger partial charge in [-0.1, -0.05) is 41.4 Å². The average Bonchev–Trinajstić information content (AvgIpc) is 2.62. The Morgan fingerprint density at radius 2 is 1.80 bits per heavy atom. The third-order valence-electron chi connectivity index (χ3n) is 3.41. The summed E-state index contributed by atoms with van der Waals surface area (Å²) < 4.78 is 10.8. The normalized spacial score (nSPS) is 12.4. The molecule has 0 fully saturated rings. The number of nitrogens with one attached hydrogen (secondary N) is 1. The second-order valence-corrected chi connectivity index (χ2v) is 6.03. The van der Waals surface area contributed by atoms with Crippen molar-refractivity contribution >= 4 is 34.8 Å². The van der Waals surface area contributed by atoms with Gasteiger partial charge in [0, 0.05) is 0 Å². The fourth-order valence-corrected chi connectivity index (χ4v) is 2.27. The number of methoxy groups -OCH3 is 1. The highest BCUT2D eigenvalue weighted by Gasteiger charge is 2.16. The Morgan fingerprint density at radius 3 is 2.44 bits per heavy atom. The first-order valence-electron chi connectivity index (χ1n) is 7.51. The number of nitrogens with zero attached hydrogens (tertiary/aromatic N) is 1. The Morgan fingerprint density at radius 1 is 1.12 bits per heavy atom. The molecule has 7 heteroatoms. The largest absolute Gasteiger partial charge is 0.493 e. The molecule has 0 aliphatic carbocycles. The number of hydrogen-bond acceptors (Lipinski definition) is 4. The number of hydrazone groups is 1. The van der Waals surface area contributed by atoms with E-state index in [0.717, 1.165) is 5.56 Å². The molecule has 1 amide bonds. The smallest absolute Gasteiger partial charge is 0.280 e. The summed E-state index contributed by atoms with van der Waals surface area (Å²) in [4.78, 5) is 12.2. The fraction of sp³-hybridized carbons (Fsp3) is 0.222. The molecule has 5 nitrogen and oxygen atoms in total. The van der Waals surface area contributed by atoms with E-state index >= 15 is 0 Å². The second-order valence-electron chi connectivity index (χ2n) is 5.21. The van der Waals surface area contributed by atoms with Crippen molar-refractivity contribution in [2.24, 2.45) is 5.10 Å². The van der Waals surface area contributed by atoms with Crippen LogP contribution in [0.2, 0.25) is 10.0 Å². The average molecular weight is 381 g/mol. The number of halogens is 2. The van der Waals surface area contributed by atoms with E-state index in [2.05, 4.69) is 10.5 Å². The van der Waals surface area contributed by atoms with Crippen molar-refractivity contribution in [1.82, 2.24) is 5.43 Å². The summed E-state index contributed by atoms with van der Waals surface area (Å²) in [7, 11) is 1.54. The molecular formula is C18H18Cl2N2O3. The number of para-hydroxylation sites is 2. The molecule has 0 aromatic heterocycles. The van der Waals surface area contributed by atoms with Crippen LogP contribution < -0.4 is 14.9 Å². The van der Waals surface area contributed by atoms with Gasteiger partial charge in [0.05, 0.1) is 22.9 Å². The van der Waals surface area contributed by atoms with Crippen LogP contribution in [0.3, 0.4) is 0 Å². The van der Waals surface area contributed by atoms with Crippen molar-refractivity contribution in [3.05, 3.63) is 58.1 Å². The van der Waals surface area contributed by atoms with E-state index in [1.165, 1.54) is 7.11 Å². The summed E-state index contributed by atoms with van der Waals surface area (Å²) in [5.41, 5.74) is 3.83. The van der Waals surface area contributed by atoms with Gasteiger partial charge in [-0.25, -0.2) is 5.43 Å². The van der Waals surface area contributed by atoms with Gasteiger partial charge in [-0.3, -0.25) is 4.79 Å². The maximum Gasteiger partial charge on any atom is 0.280 e. The molecule has 1 N–H and O–H groups in total. The standard InChI is InChI=1S/C18H18Cl2N2O3/c1-11(13-8-9-14(19)15(20)10-13)21-22-18(23)12(2)25-17-7-5-4-6-16(17)24-3/h4-10,12H,1-3H3,(H,22,23)/b21-11-/t12-/m1/s1. The first-order chi connectivity index (χ1) is 11.9. The van der Waals surface area contributed by atoms with Crippen LogP contribution in [0.5, 0.6) is 11.5 Å². The first kappa shape index (κ1) is 19.1. The SMILES string of the molecule is COc1ccccc1O[C@H](C)C(=O)N/N=C(/C)c1ccc(Cl)c(Cl)c1. The Bertz CT molecular complexity index is 794. The number of ether oxygens (including phenoxy) is 2. The minimum Gasteiger partial charge on any atom is -0.493 e. The molecule has 0 saturated heterocycles. The molecule has 0 aliphatic heterocycles. The quantitative estimate of drug-likeness (QED) is 0.599. The lowest BCUT2D eigenvalue weighted by molar-refractivity contribution is -0.127. The van der Waals surface area contributed by atoms with E-state index < -0.39 is 6.10 Å². The van der Waals surface area contributed by atoms with Crippen LogP contribution in [0.25, 0.3) is 0 Å². The van der Waals surface area contributed by atoms with Crippen molar-refractivity contribution in [3.8, 4) is 11.5 Å². The fourth-order valence-electron chi connectivity index (χ4n) is 1.98. The second kappa shape index (κ2) is 8.74. The van der Waals surface area contributed by atoms with Gasteiger partial charge in [0.1, 0.15) is 0 Å². The maximum atomic E-state index is 12.2. The van der Waals surface area contributed by atoms with Gasteiger partial charge in [-0.2, -0.15) is 5.10 Å². The molecule has 1 atom stereocenters. The summed E-state index contributed by atoms with van der Waals surface area (Å²) >= 11 is 11.9. The molecular weight excluding hydrogens is 363 g/mol. The number of rotatable bonds is 6. The van der Waals surface area contributed by atoms with E-state index in [1.54, 1.807) is 50.2 Å². The molecule has 0 aliphatic rings. The number of carbonyl (C=O) groups excluding carboxylic acids is 1. The van der Waals surface area contributed by atoms with Crippen LogP contribution in [0.4, 0.5) is 0 Å². The third-order valence-corrected chi connectivity index (χ3v) is 4.15. The highest BCUT2D eigenvalue weighted by molar-refractivity contribution is 6.42. The van der Waals surface area contributed by atoms with Crippen LogP contribution in [0, 0.1) is 0 Å². The summed E-state index contributed by atoms with van der Waals surface area (Å²) in [6.45, 7) is 3.39. The lowest BCUT2D eigenvalue weighted by atomic mass is 10.1. The monoisotopic (exact) mass is 380 g/mol. The Kier molecular flexibility index (Phi) is 6.67. The van der Waals surface area contributed by atoms with Crippen LogP contribution in [-0.2, 0) is 4.79 Å². The minimum atomic E-state index is -0.748. The van der Waals surface area contributed by atoms with Crippen molar-refractivity contribution in [2.75, 3.05) is 7.11 Å². The van der Waals surface area contributed by atoms with Gasteiger partial charge < -0.3 is 9.47 Å². The third kappa shape index (κ3) is 5.11. The zero-order chi connectivity index (χ0) is 18.4. The Labute approximate surface area is 156 Å². The van der Waals surface area contributed by atoms with Gasteiger partial charge in [0.2, 0.25) is 0 Å². The van der Waals surface area contributed by atoms with Gasteiger partial charge in [0.25, 0.3) is 5.91 Å². The molecule has 25 heavy (non-hydrogen) atoms. The lowest BCUT2D eigenvalue weighted by Crippen LogP contribution is -2.34. The molecule has 0 bridgehead atoms.